The first-order chi connectivity index (χ1) is 9.58. The van der Waals surface area contributed by atoms with Crippen molar-refractivity contribution in [2.24, 2.45) is 0 Å². The smallest absolute Gasteiger partial charge is 0.185 e. The number of tetrazole rings is 1. The number of benzene rings is 1. The Morgan fingerprint density at radius 3 is 2.75 bits per heavy atom. The molecule has 0 amide bonds. The number of hydrogen-bond acceptors (Lipinski definition) is 4. The number of anilines is 1. The van der Waals surface area contributed by atoms with Crippen LogP contribution in [-0.2, 0) is 0 Å². The predicted molar refractivity (Wildman–Crippen MR) is 76.6 cm³/mol. The van der Waals surface area contributed by atoms with E-state index >= 15 is 0 Å². The van der Waals surface area contributed by atoms with E-state index in [-0.39, 0.29) is 11.9 Å². The van der Waals surface area contributed by atoms with Gasteiger partial charge in [-0.2, -0.15) is 0 Å². The van der Waals surface area contributed by atoms with Gasteiger partial charge < -0.3 is 5.73 Å². The maximum absolute atomic E-state index is 14.3. The minimum atomic E-state index is -0.318. The molecule has 0 saturated carbocycles. The van der Waals surface area contributed by atoms with Crippen molar-refractivity contribution in [3.63, 3.8) is 0 Å². The zero-order valence-corrected chi connectivity index (χ0v) is 12.1. The summed E-state index contributed by atoms with van der Waals surface area (Å²) in [5, 5.41) is 11.7. The molecule has 0 saturated heterocycles. The molecule has 0 spiro atoms. The summed E-state index contributed by atoms with van der Waals surface area (Å²) in [6.07, 6.45) is 2.88. The predicted octanol–water partition coefficient (Wildman–Crippen LogP) is 3.12. The number of hydrogen-bond donors (Lipinski definition) is 1. The first-order valence-corrected chi connectivity index (χ1v) is 6.92. The molecule has 1 unspecified atom stereocenters. The minimum Gasteiger partial charge on any atom is -0.399 e. The lowest BCUT2D eigenvalue weighted by Crippen LogP contribution is -2.12. The molecule has 6 heteroatoms. The highest BCUT2D eigenvalue weighted by Gasteiger charge is 2.20. The molecule has 0 fully saturated rings. The Morgan fingerprint density at radius 1 is 1.35 bits per heavy atom. The van der Waals surface area contributed by atoms with Gasteiger partial charge >= 0.3 is 0 Å². The molecular weight excluding hydrogens is 257 g/mol. The zero-order chi connectivity index (χ0) is 14.7. The topological polar surface area (TPSA) is 69.6 Å². The van der Waals surface area contributed by atoms with Crippen molar-refractivity contribution in [1.82, 2.24) is 20.2 Å². The molecule has 0 aliphatic carbocycles. The molecule has 5 nitrogen and oxygen atoms in total. The Labute approximate surface area is 118 Å². The van der Waals surface area contributed by atoms with Gasteiger partial charge in [-0.3, -0.25) is 0 Å². The number of halogens is 1. The van der Waals surface area contributed by atoms with Crippen LogP contribution in [0, 0.1) is 12.7 Å². The van der Waals surface area contributed by atoms with Gasteiger partial charge in [-0.1, -0.05) is 20.3 Å². The van der Waals surface area contributed by atoms with Crippen molar-refractivity contribution in [2.75, 3.05) is 5.73 Å². The van der Waals surface area contributed by atoms with Crippen LogP contribution in [0.2, 0.25) is 0 Å². The van der Waals surface area contributed by atoms with Crippen LogP contribution in [0.3, 0.4) is 0 Å². The van der Waals surface area contributed by atoms with Crippen LogP contribution in [0.25, 0.3) is 11.4 Å². The highest BCUT2D eigenvalue weighted by molar-refractivity contribution is 5.63. The summed E-state index contributed by atoms with van der Waals surface area (Å²) in [5.74, 6) is 0.125. The lowest BCUT2D eigenvalue weighted by Gasteiger charge is -2.16. The monoisotopic (exact) mass is 277 g/mol. The van der Waals surface area contributed by atoms with Gasteiger partial charge in [0.15, 0.2) is 5.82 Å². The molecule has 0 bridgehead atoms. The minimum absolute atomic E-state index is 0.172. The second-order valence-electron chi connectivity index (χ2n) is 5.00. The van der Waals surface area contributed by atoms with Crippen LogP contribution < -0.4 is 5.73 Å². The van der Waals surface area contributed by atoms with Crippen LogP contribution in [0.5, 0.6) is 0 Å². The maximum Gasteiger partial charge on any atom is 0.185 e. The first-order valence-electron chi connectivity index (χ1n) is 6.92. The number of nitrogens with zero attached hydrogens (tertiary/aromatic N) is 4. The van der Waals surface area contributed by atoms with Crippen molar-refractivity contribution in [3.05, 3.63) is 23.5 Å². The molecule has 1 atom stereocenters. The van der Waals surface area contributed by atoms with Crippen LogP contribution in [0.4, 0.5) is 10.1 Å². The third kappa shape index (κ3) is 2.64. The second kappa shape index (κ2) is 5.98. The van der Waals surface area contributed by atoms with Gasteiger partial charge in [-0.15, -0.1) is 5.10 Å². The number of aromatic nitrogens is 4. The summed E-state index contributed by atoms with van der Waals surface area (Å²) in [6, 6.07) is 3.37. The Bertz CT molecular complexity index is 593. The summed E-state index contributed by atoms with van der Waals surface area (Å²) in [6.45, 7) is 5.87. The molecule has 2 aromatic rings. The van der Waals surface area contributed by atoms with Gasteiger partial charge in [-0.25, -0.2) is 9.07 Å². The van der Waals surface area contributed by atoms with Crippen molar-refractivity contribution in [1.29, 1.82) is 0 Å². The molecule has 2 N–H and O–H groups in total. The van der Waals surface area contributed by atoms with Crippen LogP contribution in [0.15, 0.2) is 12.1 Å². The summed E-state index contributed by atoms with van der Waals surface area (Å²) in [7, 11) is 0. The van der Waals surface area contributed by atoms with E-state index in [1.807, 2.05) is 0 Å². The third-order valence-electron chi connectivity index (χ3n) is 3.45. The summed E-state index contributed by atoms with van der Waals surface area (Å²) < 4.78 is 16.0. The van der Waals surface area contributed by atoms with Gasteiger partial charge in [0.25, 0.3) is 0 Å². The third-order valence-corrected chi connectivity index (χ3v) is 3.45. The van der Waals surface area contributed by atoms with Gasteiger partial charge in [0.2, 0.25) is 0 Å². The zero-order valence-electron chi connectivity index (χ0n) is 12.1. The molecule has 20 heavy (non-hydrogen) atoms. The molecule has 2 rings (SSSR count). The summed E-state index contributed by atoms with van der Waals surface area (Å²) in [4.78, 5) is 0. The Kier molecular flexibility index (Phi) is 4.32. The van der Waals surface area contributed by atoms with Crippen LogP contribution in [0.1, 0.15) is 44.7 Å². The fourth-order valence-corrected chi connectivity index (χ4v) is 2.41. The average molecular weight is 277 g/mol. The van der Waals surface area contributed by atoms with E-state index in [1.54, 1.807) is 23.7 Å². The Balaban J connectivity index is 2.52. The number of nitrogens with two attached hydrogens (primary N) is 1. The summed E-state index contributed by atoms with van der Waals surface area (Å²) in [5.41, 5.74) is 7.18. The van der Waals surface area contributed by atoms with E-state index in [1.165, 1.54) is 0 Å². The molecule has 0 aliphatic heterocycles. The van der Waals surface area contributed by atoms with Crippen molar-refractivity contribution >= 4 is 5.69 Å². The maximum atomic E-state index is 14.3. The van der Waals surface area contributed by atoms with Gasteiger partial charge in [0.1, 0.15) is 5.82 Å². The van der Waals surface area contributed by atoms with Crippen molar-refractivity contribution in [2.45, 2.75) is 46.1 Å². The quantitative estimate of drug-likeness (QED) is 0.852. The van der Waals surface area contributed by atoms with Crippen molar-refractivity contribution < 1.29 is 4.39 Å². The van der Waals surface area contributed by atoms with Gasteiger partial charge in [0, 0.05) is 5.69 Å². The van der Waals surface area contributed by atoms with E-state index in [4.69, 9.17) is 5.73 Å². The lowest BCUT2D eigenvalue weighted by atomic mass is 10.1. The highest BCUT2D eigenvalue weighted by Crippen LogP contribution is 2.29. The molecule has 1 aromatic heterocycles. The lowest BCUT2D eigenvalue weighted by molar-refractivity contribution is 0.403. The van der Waals surface area contributed by atoms with Crippen LogP contribution in [-0.4, -0.2) is 20.2 Å². The SMILES string of the molecule is CCCC(CC)n1nnnc1-c1cc(N)cc(C)c1F. The Hall–Kier alpha value is -1.98. The molecule has 1 heterocycles. The summed E-state index contributed by atoms with van der Waals surface area (Å²) >= 11 is 0. The molecule has 1 aromatic carbocycles. The fourth-order valence-electron chi connectivity index (χ4n) is 2.41. The second-order valence-corrected chi connectivity index (χ2v) is 5.00. The normalized spacial score (nSPS) is 12.6. The van der Waals surface area contributed by atoms with E-state index in [0.29, 0.717) is 22.6 Å². The van der Waals surface area contributed by atoms with Crippen molar-refractivity contribution in [3.8, 4) is 11.4 Å². The van der Waals surface area contributed by atoms with E-state index in [2.05, 4.69) is 29.4 Å². The Morgan fingerprint density at radius 2 is 2.10 bits per heavy atom. The van der Waals surface area contributed by atoms with E-state index in [9.17, 15) is 4.39 Å². The molecule has 0 aliphatic rings. The fraction of sp³-hybridized carbons (Fsp3) is 0.500. The average Bonchev–Trinajstić information content (AvgIpc) is 2.89. The number of rotatable bonds is 5. The van der Waals surface area contributed by atoms with Gasteiger partial charge in [-0.05, 0) is 47.9 Å². The molecule has 0 radical (unpaired) electrons. The number of aryl methyl sites for hydroxylation is 1. The molecular formula is C14H20FN5. The van der Waals surface area contributed by atoms with E-state index < -0.39 is 0 Å². The van der Waals surface area contributed by atoms with E-state index in [0.717, 1.165) is 19.3 Å². The van der Waals surface area contributed by atoms with Gasteiger partial charge in [0.05, 0.1) is 11.6 Å². The van der Waals surface area contributed by atoms with Crippen LogP contribution >= 0.6 is 0 Å². The number of nitrogen functional groups attached to an aromatic ring is 1. The first kappa shape index (κ1) is 14.4. The largest absolute Gasteiger partial charge is 0.399 e. The highest BCUT2D eigenvalue weighted by atomic mass is 19.1. The molecule has 108 valence electrons. The standard InChI is InChI=1S/C14H20FN5/c1-4-6-11(5-2)20-14(17-18-19-20)12-8-10(16)7-9(3)13(12)15/h7-8,11H,4-6,16H2,1-3H3.